The molecule has 7 nitrogen and oxygen atoms in total. The minimum absolute atomic E-state index is 0.00902. The maximum atomic E-state index is 12.8. The highest BCUT2D eigenvalue weighted by atomic mass is 16.5. The Labute approximate surface area is 151 Å². The Balaban J connectivity index is 1.38. The van der Waals surface area contributed by atoms with Crippen molar-refractivity contribution in [3.63, 3.8) is 0 Å². The lowest BCUT2D eigenvalue weighted by molar-refractivity contribution is -0.144. The molecule has 1 saturated heterocycles. The lowest BCUT2D eigenvalue weighted by Gasteiger charge is -2.28. The van der Waals surface area contributed by atoms with Crippen molar-refractivity contribution < 1.29 is 14.3 Å². The van der Waals surface area contributed by atoms with E-state index in [1.54, 1.807) is 4.90 Å². The molecule has 0 spiro atoms. The average Bonchev–Trinajstić information content (AvgIpc) is 3.16. The Kier molecular flexibility index (Phi) is 4.50. The van der Waals surface area contributed by atoms with Gasteiger partial charge in [-0.1, -0.05) is 24.3 Å². The van der Waals surface area contributed by atoms with Gasteiger partial charge in [-0.25, -0.2) is 9.97 Å². The summed E-state index contributed by atoms with van der Waals surface area (Å²) >= 11 is 0. The second-order valence-electron chi connectivity index (χ2n) is 6.41. The number of carbonyl (C=O) groups excluding carboxylic acids is 1. The van der Waals surface area contributed by atoms with Crippen molar-refractivity contribution in [2.75, 3.05) is 13.1 Å². The predicted molar refractivity (Wildman–Crippen MR) is 91.1 cm³/mol. The van der Waals surface area contributed by atoms with E-state index >= 15 is 0 Å². The van der Waals surface area contributed by atoms with Crippen LogP contribution >= 0.6 is 0 Å². The van der Waals surface area contributed by atoms with Gasteiger partial charge >= 0.3 is 0 Å². The lowest BCUT2D eigenvalue weighted by Crippen LogP contribution is -2.42. The minimum atomic E-state index is -0.449. The number of hydrogen-bond acceptors (Lipinski definition) is 6. The first-order valence-corrected chi connectivity index (χ1v) is 8.59. The number of rotatable bonds is 3. The SMILES string of the molecule is N#Cc1nccnc1O[C@H]1CCN(C(=O)[C@@H]2Cc3ccccc3CO2)C1. The fourth-order valence-electron chi connectivity index (χ4n) is 3.38. The normalized spacial score (nSPS) is 21.7. The summed E-state index contributed by atoms with van der Waals surface area (Å²) in [7, 11) is 0. The van der Waals surface area contributed by atoms with Crippen LogP contribution in [0.2, 0.25) is 0 Å². The van der Waals surface area contributed by atoms with E-state index in [2.05, 4.69) is 9.97 Å². The molecule has 0 radical (unpaired) electrons. The van der Waals surface area contributed by atoms with Crippen LogP contribution in [0, 0.1) is 11.3 Å². The van der Waals surface area contributed by atoms with Crippen LogP contribution in [-0.4, -0.2) is 46.1 Å². The van der Waals surface area contributed by atoms with Crippen molar-refractivity contribution in [2.24, 2.45) is 0 Å². The molecule has 1 aromatic carbocycles. The van der Waals surface area contributed by atoms with E-state index in [0.29, 0.717) is 32.5 Å². The van der Waals surface area contributed by atoms with Gasteiger partial charge in [-0.3, -0.25) is 4.79 Å². The van der Waals surface area contributed by atoms with Gasteiger partial charge in [0.25, 0.3) is 11.8 Å². The molecule has 7 heteroatoms. The molecule has 0 N–H and O–H groups in total. The Morgan fingerprint density at radius 1 is 1.27 bits per heavy atom. The first-order valence-electron chi connectivity index (χ1n) is 8.59. The monoisotopic (exact) mass is 350 g/mol. The van der Waals surface area contributed by atoms with Gasteiger partial charge < -0.3 is 14.4 Å². The quantitative estimate of drug-likeness (QED) is 0.833. The maximum Gasteiger partial charge on any atom is 0.252 e. The summed E-state index contributed by atoms with van der Waals surface area (Å²) < 4.78 is 11.6. The van der Waals surface area contributed by atoms with Crippen molar-refractivity contribution in [1.29, 1.82) is 5.26 Å². The Bertz CT molecular complexity index is 864. The van der Waals surface area contributed by atoms with Crippen LogP contribution in [0.4, 0.5) is 0 Å². The second-order valence-corrected chi connectivity index (χ2v) is 6.41. The van der Waals surface area contributed by atoms with E-state index in [-0.39, 0.29) is 23.6 Å². The van der Waals surface area contributed by atoms with Gasteiger partial charge in [-0.15, -0.1) is 0 Å². The van der Waals surface area contributed by atoms with Crippen molar-refractivity contribution in [3.05, 3.63) is 53.5 Å². The molecule has 132 valence electrons. The third-order valence-corrected chi connectivity index (χ3v) is 4.74. The molecular weight excluding hydrogens is 332 g/mol. The summed E-state index contributed by atoms with van der Waals surface area (Å²) in [6.45, 7) is 1.53. The fourth-order valence-corrected chi connectivity index (χ4v) is 3.38. The number of hydrogen-bond donors (Lipinski definition) is 0. The smallest absolute Gasteiger partial charge is 0.252 e. The van der Waals surface area contributed by atoms with Crippen molar-refractivity contribution >= 4 is 5.91 Å². The van der Waals surface area contributed by atoms with E-state index in [9.17, 15) is 4.79 Å². The van der Waals surface area contributed by atoms with Gasteiger partial charge in [0, 0.05) is 31.8 Å². The van der Waals surface area contributed by atoms with Gasteiger partial charge in [-0.2, -0.15) is 5.26 Å². The Morgan fingerprint density at radius 3 is 2.92 bits per heavy atom. The Hall–Kier alpha value is -2.98. The average molecular weight is 350 g/mol. The molecule has 2 aliphatic rings. The molecule has 0 aliphatic carbocycles. The van der Waals surface area contributed by atoms with E-state index in [1.807, 2.05) is 30.3 Å². The molecule has 1 aromatic heterocycles. The highest BCUT2D eigenvalue weighted by molar-refractivity contribution is 5.82. The second kappa shape index (κ2) is 7.10. The van der Waals surface area contributed by atoms with Gasteiger partial charge in [0.15, 0.2) is 0 Å². The fraction of sp³-hybridized carbons (Fsp3) is 0.368. The van der Waals surface area contributed by atoms with Crippen LogP contribution in [-0.2, 0) is 22.6 Å². The summed E-state index contributed by atoms with van der Waals surface area (Å²) in [5.74, 6) is 0.211. The zero-order valence-corrected chi connectivity index (χ0v) is 14.2. The van der Waals surface area contributed by atoms with Crippen LogP contribution in [0.25, 0.3) is 0 Å². The van der Waals surface area contributed by atoms with Gasteiger partial charge in [0.1, 0.15) is 18.3 Å². The molecule has 2 atom stereocenters. The third kappa shape index (κ3) is 3.24. The summed E-state index contributed by atoms with van der Waals surface area (Å²) in [5, 5.41) is 9.07. The number of carbonyl (C=O) groups is 1. The molecule has 3 heterocycles. The minimum Gasteiger partial charge on any atom is -0.470 e. The number of nitriles is 1. The molecule has 26 heavy (non-hydrogen) atoms. The zero-order valence-electron chi connectivity index (χ0n) is 14.2. The first kappa shape index (κ1) is 16.5. The van der Waals surface area contributed by atoms with Crippen molar-refractivity contribution in [2.45, 2.75) is 31.7 Å². The first-order chi connectivity index (χ1) is 12.7. The van der Waals surface area contributed by atoms with E-state index in [0.717, 1.165) is 5.56 Å². The largest absolute Gasteiger partial charge is 0.470 e. The van der Waals surface area contributed by atoms with Crippen molar-refractivity contribution in [3.8, 4) is 11.9 Å². The molecule has 0 saturated carbocycles. The third-order valence-electron chi connectivity index (χ3n) is 4.74. The number of likely N-dealkylation sites (tertiary alicyclic amines) is 1. The number of nitrogens with zero attached hydrogens (tertiary/aromatic N) is 4. The topological polar surface area (TPSA) is 88.3 Å². The summed E-state index contributed by atoms with van der Waals surface area (Å²) in [6.07, 6.45) is 3.58. The van der Waals surface area contributed by atoms with Gasteiger partial charge in [-0.05, 0) is 11.1 Å². The number of ether oxygens (including phenoxy) is 2. The lowest BCUT2D eigenvalue weighted by atomic mass is 9.98. The molecule has 1 fully saturated rings. The molecule has 1 amide bonds. The summed E-state index contributed by atoms with van der Waals surface area (Å²) in [4.78, 5) is 22.6. The van der Waals surface area contributed by atoms with E-state index in [4.69, 9.17) is 14.7 Å². The van der Waals surface area contributed by atoms with Crippen LogP contribution in [0.5, 0.6) is 5.88 Å². The number of amides is 1. The number of aromatic nitrogens is 2. The number of fused-ring (bicyclic) bond motifs is 1. The van der Waals surface area contributed by atoms with Crippen LogP contribution in [0.3, 0.4) is 0 Å². The van der Waals surface area contributed by atoms with E-state index in [1.165, 1.54) is 18.0 Å². The van der Waals surface area contributed by atoms with Crippen LogP contribution < -0.4 is 4.74 Å². The molecular formula is C19H18N4O3. The van der Waals surface area contributed by atoms with Crippen LogP contribution in [0.15, 0.2) is 36.7 Å². The molecule has 0 bridgehead atoms. The molecule has 2 aromatic rings. The van der Waals surface area contributed by atoms with Crippen LogP contribution in [0.1, 0.15) is 23.2 Å². The van der Waals surface area contributed by atoms with E-state index < -0.39 is 6.10 Å². The summed E-state index contributed by atoms with van der Waals surface area (Å²) in [5.41, 5.74) is 2.47. The highest BCUT2D eigenvalue weighted by Crippen LogP contribution is 2.24. The highest BCUT2D eigenvalue weighted by Gasteiger charge is 2.34. The number of benzene rings is 1. The molecule has 4 rings (SSSR count). The molecule has 2 aliphatic heterocycles. The summed E-state index contributed by atoms with van der Waals surface area (Å²) in [6, 6.07) is 10.0. The molecule has 0 unspecified atom stereocenters. The predicted octanol–water partition coefficient (Wildman–Crippen LogP) is 1.47. The van der Waals surface area contributed by atoms with Crippen molar-refractivity contribution in [1.82, 2.24) is 14.9 Å². The van der Waals surface area contributed by atoms with Gasteiger partial charge in [0.05, 0.1) is 13.2 Å². The Morgan fingerprint density at radius 2 is 2.08 bits per heavy atom. The maximum absolute atomic E-state index is 12.8. The standard InChI is InChI=1S/C19H18N4O3/c20-10-16-18(22-7-6-21-16)26-15-5-8-23(11-15)19(24)17-9-13-3-1-2-4-14(13)12-25-17/h1-4,6-7,15,17H,5,8-9,11-12H2/t15-,17-/m0/s1. The van der Waals surface area contributed by atoms with Gasteiger partial charge in [0.2, 0.25) is 5.69 Å². The zero-order chi connectivity index (χ0) is 17.9.